The average molecular weight is 519 g/mol. The molecule has 38 heavy (non-hydrogen) atoms. The van der Waals surface area contributed by atoms with Gasteiger partial charge in [-0.2, -0.15) is 0 Å². The zero-order valence-corrected chi connectivity index (χ0v) is 22.0. The number of aryl methyl sites for hydroxylation is 1. The molecule has 1 unspecified atom stereocenters. The van der Waals surface area contributed by atoms with E-state index in [1.165, 1.54) is 14.0 Å². The van der Waals surface area contributed by atoms with Crippen LogP contribution in [0.5, 0.6) is 0 Å². The van der Waals surface area contributed by atoms with Crippen molar-refractivity contribution in [3.8, 4) is 0 Å². The number of carboxylic acid groups (broad SMARTS) is 1. The molecule has 0 spiro atoms. The zero-order valence-electron chi connectivity index (χ0n) is 22.0. The molecule has 9 nitrogen and oxygen atoms in total. The van der Waals surface area contributed by atoms with Crippen molar-refractivity contribution in [1.82, 2.24) is 14.9 Å². The van der Waals surface area contributed by atoms with Crippen LogP contribution in [0.1, 0.15) is 75.0 Å². The highest BCUT2D eigenvalue weighted by molar-refractivity contribution is 5.95. The fourth-order valence-electron chi connectivity index (χ4n) is 6.11. The predicted octanol–water partition coefficient (Wildman–Crippen LogP) is 4.99. The van der Waals surface area contributed by atoms with Gasteiger partial charge in [0.1, 0.15) is 11.9 Å². The summed E-state index contributed by atoms with van der Waals surface area (Å²) in [6.45, 7) is 3.51. The van der Waals surface area contributed by atoms with Gasteiger partial charge in [-0.25, -0.2) is 9.78 Å². The van der Waals surface area contributed by atoms with Gasteiger partial charge in [0, 0.05) is 24.6 Å². The van der Waals surface area contributed by atoms with Gasteiger partial charge in [0.2, 0.25) is 5.91 Å². The molecule has 0 saturated heterocycles. The summed E-state index contributed by atoms with van der Waals surface area (Å²) >= 11 is 0. The van der Waals surface area contributed by atoms with E-state index in [2.05, 4.69) is 9.88 Å². The Labute approximate surface area is 221 Å². The lowest BCUT2D eigenvalue weighted by Crippen LogP contribution is -2.42. The summed E-state index contributed by atoms with van der Waals surface area (Å²) in [4.78, 5) is 43.6. The highest BCUT2D eigenvalue weighted by Crippen LogP contribution is 2.42. The first-order chi connectivity index (χ1) is 18.3. The molecule has 5 rings (SSSR count). The lowest BCUT2D eigenvalue weighted by molar-refractivity contribution is -0.143. The summed E-state index contributed by atoms with van der Waals surface area (Å²) in [6.07, 6.45) is 3.74. The molecule has 9 heteroatoms. The molecule has 1 saturated carbocycles. The van der Waals surface area contributed by atoms with Crippen LogP contribution in [0.4, 0.5) is 10.5 Å². The van der Waals surface area contributed by atoms with Crippen LogP contribution in [0.25, 0.3) is 11.0 Å². The number of rotatable bonds is 5. The summed E-state index contributed by atoms with van der Waals surface area (Å²) in [7, 11) is 1.39. The second-order valence-electron chi connectivity index (χ2n) is 10.4. The van der Waals surface area contributed by atoms with Crippen LogP contribution in [0.2, 0.25) is 0 Å². The van der Waals surface area contributed by atoms with Crippen molar-refractivity contribution >= 4 is 34.7 Å². The molecular formula is C29H34N4O5. The maximum Gasteiger partial charge on any atom is 0.414 e. The van der Waals surface area contributed by atoms with Crippen LogP contribution in [0.15, 0.2) is 42.5 Å². The fraction of sp³-hybridized carbons (Fsp3) is 0.448. The van der Waals surface area contributed by atoms with Gasteiger partial charge in [-0.15, -0.1) is 0 Å². The molecule has 2 aromatic carbocycles. The minimum Gasteiger partial charge on any atom is -0.481 e. The summed E-state index contributed by atoms with van der Waals surface area (Å²) in [5.74, 6) is -0.533. The van der Waals surface area contributed by atoms with Crippen molar-refractivity contribution < 1.29 is 24.2 Å². The van der Waals surface area contributed by atoms with E-state index >= 15 is 0 Å². The zero-order chi connectivity index (χ0) is 27.0. The minimum atomic E-state index is -0.745. The number of nitrogens with one attached hydrogen (secondary N) is 1. The molecule has 200 valence electrons. The van der Waals surface area contributed by atoms with Crippen LogP contribution in [0, 0.1) is 5.92 Å². The number of imidazole rings is 1. The molecule has 1 fully saturated rings. The Morgan fingerprint density at radius 2 is 1.76 bits per heavy atom. The number of amides is 2. The third-order valence-corrected chi connectivity index (χ3v) is 8.00. The molecule has 1 aliphatic heterocycles. The number of benzene rings is 2. The van der Waals surface area contributed by atoms with Crippen molar-refractivity contribution in [1.29, 1.82) is 0 Å². The number of methoxy groups -OCH3 is 1. The number of nitrogens with zero attached hydrogens (tertiary/aromatic N) is 3. The highest BCUT2D eigenvalue weighted by Gasteiger charge is 2.35. The molecule has 1 aromatic heterocycles. The second kappa shape index (κ2) is 10.5. The molecule has 2 aliphatic rings. The van der Waals surface area contributed by atoms with E-state index in [4.69, 9.17) is 9.72 Å². The van der Waals surface area contributed by atoms with E-state index < -0.39 is 18.1 Å². The Bertz CT molecular complexity index is 1360. The van der Waals surface area contributed by atoms with E-state index in [1.807, 2.05) is 49.4 Å². The van der Waals surface area contributed by atoms with Crippen molar-refractivity contribution in [2.75, 3.05) is 12.0 Å². The highest BCUT2D eigenvalue weighted by atomic mass is 16.5. The van der Waals surface area contributed by atoms with Gasteiger partial charge in [0.25, 0.3) is 0 Å². The standard InChI is InChI=1S/C29H34N4O5/c1-17-9-14-22-23(32(17)29(37)38-3)15-16-24-26(22)31-27(25(30-18(2)34)19-7-5-4-6-8-19)33(24)21-12-10-20(11-13-21)28(35)36/h4-8,15-17,20-21,25H,9-14H2,1-3H3,(H,30,34)(H,35,36)/t17?,20?,21?,25-/m0/s1. The first kappa shape index (κ1) is 25.8. The molecular weight excluding hydrogens is 484 g/mol. The Morgan fingerprint density at radius 1 is 1.05 bits per heavy atom. The van der Waals surface area contributed by atoms with E-state index in [9.17, 15) is 19.5 Å². The number of hydrogen-bond acceptors (Lipinski definition) is 5. The van der Waals surface area contributed by atoms with Crippen molar-refractivity contribution in [3.63, 3.8) is 0 Å². The van der Waals surface area contributed by atoms with Gasteiger partial charge in [-0.05, 0) is 63.1 Å². The number of ether oxygens (including phenoxy) is 1. The number of anilines is 1. The van der Waals surface area contributed by atoms with Gasteiger partial charge >= 0.3 is 12.1 Å². The third-order valence-electron chi connectivity index (χ3n) is 8.00. The Hall–Kier alpha value is -3.88. The summed E-state index contributed by atoms with van der Waals surface area (Å²) in [5, 5.41) is 12.7. The van der Waals surface area contributed by atoms with Gasteiger partial charge in [-0.1, -0.05) is 30.3 Å². The largest absolute Gasteiger partial charge is 0.481 e. The first-order valence-electron chi connectivity index (χ1n) is 13.3. The van der Waals surface area contributed by atoms with E-state index in [-0.39, 0.29) is 23.9 Å². The average Bonchev–Trinajstić information content (AvgIpc) is 3.31. The maximum absolute atomic E-state index is 12.7. The number of hydrogen-bond donors (Lipinski definition) is 2. The van der Waals surface area contributed by atoms with Crippen LogP contribution in [-0.2, 0) is 20.7 Å². The third kappa shape index (κ3) is 4.61. The van der Waals surface area contributed by atoms with Crippen LogP contribution >= 0.6 is 0 Å². The van der Waals surface area contributed by atoms with Crippen molar-refractivity contribution in [2.24, 2.45) is 5.92 Å². The first-order valence-corrected chi connectivity index (χ1v) is 13.3. The van der Waals surface area contributed by atoms with Crippen molar-refractivity contribution in [2.45, 2.75) is 70.5 Å². The second-order valence-corrected chi connectivity index (χ2v) is 10.4. The fourth-order valence-corrected chi connectivity index (χ4v) is 6.11. The number of carbonyl (C=O) groups excluding carboxylic acids is 2. The summed E-state index contributed by atoms with van der Waals surface area (Å²) in [5.41, 5.74) is 4.44. The number of carboxylic acids is 1. The smallest absolute Gasteiger partial charge is 0.414 e. The van der Waals surface area contributed by atoms with E-state index in [0.29, 0.717) is 25.7 Å². The van der Waals surface area contributed by atoms with E-state index in [0.717, 1.165) is 46.5 Å². The number of aliphatic carboxylic acids is 1. The number of carbonyl (C=O) groups is 3. The molecule has 3 aromatic rings. The molecule has 1 aliphatic carbocycles. The lowest BCUT2D eigenvalue weighted by Gasteiger charge is -2.34. The number of aromatic nitrogens is 2. The Balaban J connectivity index is 1.70. The van der Waals surface area contributed by atoms with Crippen LogP contribution in [0.3, 0.4) is 0 Å². The summed E-state index contributed by atoms with van der Waals surface area (Å²) in [6, 6.07) is 13.3. The molecule has 2 N–H and O–H groups in total. The van der Waals surface area contributed by atoms with Gasteiger partial charge < -0.3 is 19.7 Å². The van der Waals surface area contributed by atoms with Crippen molar-refractivity contribution in [3.05, 3.63) is 59.4 Å². The SMILES string of the molecule is COC(=O)N1c2ccc3c(nc([C@@H](NC(C)=O)c4ccccc4)n3C3CCC(C(=O)O)CC3)c2CCC1C. The molecule has 0 radical (unpaired) electrons. The monoisotopic (exact) mass is 518 g/mol. The van der Waals surface area contributed by atoms with Crippen LogP contribution in [-0.4, -0.2) is 45.8 Å². The normalized spacial score (nSPS) is 22.0. The van der Waals surface area contributed by atoms with Crippen LogP contribution < -0.4 is 10.2 Å². The van der Waals surface area contributed by atoms with Gasteiger partial charge in [0.15, 0.2) is 0 Å². The molecule has 2 amide bonds. The Kier molecular flexibility index (Phi) is 7.10. The van der Waals surface area contributed by atoms with Gasteiger partial charge in [-0.3, -0.25) is 14.5 Å². The number of fused-ring (bicyclic) bond motifs is 3. The minimum absolute atomic E-state index is 0.00306. The Morgan fingerprint density at radius 3 is 2.39 bits per heavy atom. The maximum atomic E-state index is 12.7. The molecule has 0 bridgehead atoms. The predicted molar refractivity (Wildman–Crippen MR) is 143 cm³/mol. The molecule has 2 atom stereocenters. The molecule has 2 heterocycles. The van der Waals surface area contributed by atoms with Gasteiger partial charge in [0.05, 0.1) is 29.7 Å². The van der Waals surface area contributed by atoms with E-state index in [1.54, 1.807) is 4.90 Å². The topological polar surface area (TPSA) is 114 Å². The lowest BCUT2D eigenvalue weighted by atomic mass is 9.85. The summed E-state index contributed by atoms with van der Waals surface area (Å²) < 4.78 is 7.30. The quantitative estimate of drug-likeness (QED) is 0.492.